The van der Waals surface area contributed by atoms with Crippen molar-refractivity contribution in [3.8, 4) is 0 Å². The molecule has 1 unspecified atom stereocenters. The van der Waals surface area contributed by atoms with E-state index in [1.165, 1.54) is 0 Å². The van der Waals surface area contributed by atoms with Crippen molar-refractivity contribution in [3.05, 3.63) is 22.4 Å². The third kappa shape index (κ3) is 4.46. The van der Waals surface area contributed by atoms with Crippen molar-refractivity contribution in [2.24, 2.45) is 0 Å². The van der Waals surface area contributed by atoms with Crippen LogP contribution in [0.15, 0.2) is 16.7 Å². The van der Waals surface area contributed by atoms with E-state index in [0.29, 0.717) is 12.1 Å². The quantitative estimate of drug-likeness (QED) is 0.812. The Bertz CT molecular complexity index is 390. The molecule has 1 rings (SSSR count). The zero-order chi connectivity index (χ0) is 13.5. The molecule has 0 aliphatic rings. The Morgan fingerprint density at radius 1 is 1.61 bits per heavy atom. The molecule has 0 fully saturated rings. The van der Waals surface area contributed by atoms with Crippen molar-refractivity contribution < 1.29 is 9.90 Å². The lowest BCUT2D eigenvalue weighted by atomic mass is 10.2. The summed E-state index contributed by atoms with van der Waals surface area (Å²) < 4.78 is 2.88. The van der Waals surface area contributed by atoms with E-state index in [-0.39, 0.29) is 18.6 Å². The molecule has 1 aromatic rings. The van der Waals surface area contributed by atoms with Crippen LogP contribution in [0.3, 0.4) is 0 Å². The van der Waals surface area contributed by atoms with Gasteiger partial charge in [0.1, 0.15) is 5.69 Å². The van der Waals surface area contributed by atoms with Crippen LogP contribution in [-0.2, 0) is 6.54 Å². The number of rotatable bonds is 7. The first-order valence-corrected chi connectivity index (χ1v) is 7.15. The molecular weight excluding hydrogens is 296 g/mol. The topological polar surface area (TPSA) is 54.3 Å². The van der Waals surface area contributed by atoms with Gasteiger partial charge in [-0.2, -0.15) is 0 Å². The van der Waals surface area contributed by atoms with Crippen molar-refractivity contribution in [1.82, 2.24) is 9.88 Å². The first-order valence-electron chi connectivity index (χ1n) is 6.35. The summed E-state index contributed by atoms with van der Waals surface area (Å²) in [6.07, 6.45) is 4.41. The number of aromatic nitrogens is 1. The summed E-state index contributed by atoms with van der Waals surface area (Å²) in [6, 6.07) is 1.91. The van der Waals surface area contributed by atoms with Crippen LogP contribution in [0.2, 0.25) is 0 Å². The minimum atomic E-state index is -0.0559. The third-order valence-electron chi connectivity index (χ3n) is 2.73. The lowest BCUT2D eigenvalue weighted by molar-refractivity contribution is 0.0927. The number of carbonyl (C=O) groups excluding carboxylic acids is 1. The monoisotopic (exact) mass is 316 g/mol. The number of aliphatic hydroxyl groups is 1. The van der Waals surface area contributed by atoms with Crippen LogP contribution in [-0.4, -0.2) is 28.2 Å². The number of carbonyl (C=O) groups is 1. The fraction of sp³-hybridized carbons (Fsp3) is 0.615. The minimum Gasteiger partial charge on any atom is -0.396 e. The zero-order valence-electron chi connectivity index (χ0n) is 10.9. The third-order valence-corrected chi connectivity index (χ3v) is 3.17. The second-order valence-electron chi connectivity index (χ2n) is 4.48. The van der Waals surface area contributed by atoms with Gasteiger partial charge in [-0.1, -0.05) is 6.92 Å². The Balaban J connectivity index is 2.65. The van der Waals surface area contributed by atoms with E-state index in [2.05, 4.69) is 28.2 Å². The lowest BCUT2D eigenvalue weighted by Crippen LogP contribution is -2.34. The van der Waals surface area contributed by atoms with Crippen LogP contribution in [0.5, 0.6) is 0 Å². The van der Waals surface area contributed by atoms with Crippen LogP contribution in [0, 0.1) is 0 Å². The van der Waals surface area contributed by atoms with E-state index < -0.39 is 0 Å². The largest absolute Gasteiger partial charge is 0.396 e. The number of amides is 1. The molecule has 0 spiro atoms. The number of hydrogen-bond donors (Lipinski definition) is 2. The molecule has 0 bridgehead atoms. The van der Waals surface area contributed by atoms with Gasteiger partial charge in [-0.3, -0.25) is 4.79 Å². The molecule has 0 radical (unpaired) electrons. The highest BCUT2D eigenvalue weighted by molar-refractivity contribution is 9.10. The molecule has 18 heavy (non-hydrogen) atoms. The van der Waals surface area contributed by atoms with Gasteiger partial charge in [0.05, 0.1) is 0 Å². The molecule has 0 saturated carbocycles. The summed E-state index contributed by atoms with van der Waals surface area (Å²) >= 11 is 3.40. The molecule has 1 amide bonds. The number of aryl methyl sites for hydroxylation is 1. The molecule has 5 heteroatoms. The van der Waals surface area contributed by atoms with Gasteiger partial charge in [0, 0.05) is 29.9 Å². The summed E-state index contributed by atoms with van der Waals surface area (Å²) in [6.45, 7) is 5.03. The molecule has 1 atom stereocenters. The summed E-state index contributed by atoms with van der Waals surface area (Å²) in [4.78, 5) is 12.1. The molecule has 2 N–H and O–H groups in total. The number of nitrogens with one attached hydrogen (secondary N) is 1. The summed E-state index contributed by atoms with van der Waals surface area (Å²) in [5.74, 6) is -0.0559. The van der Waals surface area contributed by atoms with Crippen LogP contribution >= 0.6 is 15.9 Å². The average Bonchev–Trinajstić information content (AvgIpc) is 2.68. The molecule has 0 aromatic carbocycles. The van der Waals surface area contributed by atoms with Crippen LogP contribution in [0.25, 0.3) is 0 Å². The smallest absolute Gasteiger partial charge is 0.268 e. The molecule has 102 valence electrons. The number of halogens is 1. The first-order chi connectivity index (χ1) is 8.58. The van der Waals surface area contributed by atoms with Gasteiger partial charge < -0.3 is 15.0 Å². The van der Waals surface area contributed by atoms with Gasteiger partial charge in [-0.15, -0.1) is 0 Å². The maximum Gasteiger partial charge on any atom is 0.268 e. The van der Waals surface area contributed by atoms with Crippen LogP contribution in [0.4, 0.5) is 0 Å². The van der Waals surface area contributed by atoms with Gasteiger partial charge in [-0.25, -0.2) is 0 Å². The number of hydrogen-bond acceptors (Lipinski definition) is 2. The average molecular weight is 317 g/mol. The Kier molecular flexibility index (Phi) is 6.43. The van der Waals surface area contributed by atoms with Gasteiger partial charge in [0.2, 0.25) is 0 Å². The summed E-state index contributed by atoms with van der Waals surface area (Å²) in [5.41, 5.74) is 0.680. The zero-order valence-corrected chi connectivity index (χ0v) is 12.5. The Morgan fingerprint density at radius 2 is 2.33 bits per heavy atom. The predicted octanol–water partition coefficient (Wildman–Crippen LogP) is 2.55. The van der Waals surface area contributed by atoms with Crippen molar-refractivity contribution in [1.29, 1.82) is 0 Å². The Hall–Kier alpha value is -0.810. The molecule has 1 aromatic heterocycles. The van der Waals surface area contributed by atoms with Crippen molar-refractivity contribution in [2.45, 2.75) is 45.7 Å². The fourth-order valence-electron chi connectivity index (χ4n) is 1.86. The molecule has 4 nitrogen and oxygen atoms in total. The molecule has 1 heterocycles. The van der Waals surface area contributed by atoms with E-state index in [9.17, 15) is 4.79 Å². The van der Waals surface area contributed by atoms with Crippen molar-refractivity contribution in [2.75, 3.05) is 6.61 Å². The normalized spacial score (nSPS) is 12.4. The summed E-state index contributed by atoms with van der Waals surface area (Å²) in [5, 5.41) is 11.7. The van der Waals surface area contributed by atoms with Gasteiger partial charge in [-0.05, 0) is 48.2 Å². The molecular formula is C13H21BrN2O2. The second kappa shape index (κ2) is 7.59. The van der Waals surface area contributed by atoms with Crippen LogP contribution in [0.1, 0.15) is 43.6 Å². The van der Waals surface area contributed by atoms with E-state index in [0.717, 1.165) is 23.9 Å². The van der Waals surface area contributed by atoms with Gasteiger partial charge in [0.15, 0.2) is 0 Å². The number of aliphatic hydroxyl groups excluding tert-OH is 1. The summed E-state index contributed by atoms with van der Waals surface area (Å²) in [7, 11) is 0. The highest BCUT2D eigenvalue weighted by Gasteiger charge is 2.14. The van der Waals surface area contributed by atoms with Crippen molar-refractivity contribution in [3.63, 3.8) is 0 Å². The second-order valence-corrected chi connectivity index (χ2v) is 5.39. The maximum absolute atomic E-state index is 12.1. The molecule has 0 saturated heterocycles. The van der Waals surface area contributed by atoms with Gasteiger partial charge >= 0.3 is 0 Å². The lowest BCUT2D eigenvalue weighted by Gasteiger charge is -2.14. The Labute approximate surface area is 117 Å². The van der Waals surface area contributed by atoms with E-state index >= 15 is 0 Å². The Morgan fingerprint density at radius 3 is 2.94 bits per heavy atom. The molecule has 0 aliphatic carbocycles. The van der Waals surface area contributed by atoms with Gasteiger partial charge in [0.25, 0.3) is 5.91 Å². The van der Waals surface area contributed by atoms with Crippen LogP contribution < -0.4 is 5.32 Å². The standard InChI is InChI=1S/C13H21BrN2O2/c1-3-6-16-9-11(14)8-12(16)13(18)15-10(2)5-4-7-17/h8-10,17H,3-7H2,1-2H3,(H,15,18). The van der Waals surface area contributed by atoms with E-state index in [4.69, 9.17) is 5.11 Å². The fourth-order valence-corrected chi connectivity index (χ4v) is 2.32. The first kappa shape index (κ1) is 15.2. The molecule has 0 aliphatic heterocycles. The number of nitrogens with zero attached hydrogens (tertiary/aromatic N) is 1. The SMILES string of the molecule is CCCn1cc(Br)cc1C(=O)NC(C)CCCO. The van der Waals surface area contributed by atoms with E-state index in [1.807, 2.05) is 23.8 Å². The highest BCUT2D eigenvalue weighted by Crippen LogP contribution is 2.15. The van der Waals surface area contributed by atoms with E-state index in [1.54, 1.807) is 0 Å². The highest BCUT2D eigenvalue weighted by atomic mass is 79.9. The maximum atomic E-state index is 12.1. The van der Waals surface area contributed by atoms with Crippen molar-refractivity contribution >= 4 is 21.8 Å². The minimum absolute atomic E-state index is 0.0559. The predicted molar refractivity (Wildman–Crippen MR) is 75.7 cm³/mol.